The Balaban J connectivity index is 2.10. The van der Waals surface area contributed by atoms with Crippen LogP contribution < -0.4 is 10.1 Å². The summed E-state index contributed by atoms with van der Waals surface area (Å²) in [6.07, 6.45) is 1.07. The summed E-state index contributed by atoms with van der Waals surface area (Å²) >= 11 is 3.43. The molecule has 1 aliphatic rings. The summed E-state index contributed by atoms with van der Waals surface area (Å²) in [4.78, 5) is 0. The smallest absolute Gasteiger partial charge is 0.121 e. The van der Waals surface area contributed by atoms with E-state index in [2.05, 4.69) is 28.2 Å². The van der Waals surface area contributed by atoms with Crippen LogP contribution in [0.15, 0.2) is 28.7 Å². The van der Waals surface area contributed by atoms with Gasteiger partial charge in [-0.2, -0.15) is 0 Å². The highest BCUT2D eigenvalue weighted by atomic mass is 79.9. The van der Waals surface area contributed by atoms with Crippen LogP contribution in [0.5, 0.6) is 5.75 Å². The van der Waals surface area contributed by atoms with Crippen LogP contribution in [-0.4, -0.2) is 18.7 Å². The fourth-order valence-electron chi connectivity index (χ4n) is 1.70. The summed E-state index contributed by atoms with van der Waals surface area (Å²) in [6.45, 7) is 4.12. The summed E-state index contributed by atoms with van der Waals surface area (Å²) in [6, 6.07) is 7.99. The zero-order chi connectivity index (χ0) is 10.0. The van der Waals surface area contributed by atoms with Crippen LogP contribution in [0.3, 0.4) is 0 Å². The van der Waals surface area contributed by atoms with Gasteiger partial charge in [0.15, 0.2) is 0 Å². The molecule has 1 aromatic carbocycles. The second-order valence-electron chi connectivity index (χ2n) is 3.94. The Morgan fingerprint density at radius 3 is 3.00 bits per heavy atom. The monoisotopic (exact) mass is 255 g/mol. The summed E-state index contributed by atoms with van der Waals surface area (Å²) < 4.78 is 7.01. The van der Waals surface area contributed by atoms with Crippen molar-refractivity contribution in [3.63, 3.8) is 0 Å². The Labute approximate surface area is 92.8 Å². The number of halogens is 1. The van der Waals surface area contributed by atoms with Crippen LogP contribution in [0.25, 0.3) is 0 Å². The standard InChI is InChI=1S/C11H14BrNO/c1-11(5-6-13-8-11)14-10-4-2-3-9(12)7-10/h2-4,7,13H,5-6,8H2,1H3. The number of ether oxygens (including phenoxy) is 1. The molecule has 3 heteroatoms. The summed E-state index contributed by atoms with van der Waals surface area (Å²) in [5.41, 5.74) is -0.0409. The van der Waals surface area contributed by atoms with Gasteiger partial charge in [-0.3, -0.25) is 0 Å². The van der Waals surface area contributed by atoms with Gasteiger partial charge in [0.1, 0.15) is 11.4 Å². The molecule has 2 rings (SSSR count). The Morgan fingerprint density at radius 2 is 2.36 bits per heavy atom. The SMILES string of the molecule is CC1(Oc2cccc(Br)c2)CCNC1. The molecule has 1 saturated heterocycles. The van der Waals surface area contributed by atoms with Crippen molar-refractivity contribution in [1.29, 1.82) is 0 Å². The highest BCUT2D eigenvalue weighted by Gasteiger charge is 2.30. The van der Waals surface area contributed by atoms with Crippen molar-refractivity contribution in [1.82, 2.24) is 5.32 Å². The lowest BCUT2D eigenvalue weighted by molar-refractivity contribution is 0.111. The highest BCUT2D eigenvalue weighted by molar-refractivity contribution is 9.10. The fourth-order valence-corrected chi connectivity index (χ4v) is 2.07. The molecule has 1 atom stereocenters. The van der Waals surface area contributed by atoms with E-state index < -0.39 is 0 Å². The molecular weight excluding hydrogens is 242 g/mol. The van der Waals surface area contributed by atoms with E-state index in [1.165, 1.54) is 0 Å². The van der Waals surface area contributed by atoms with Crippen molar-refractivity contribution in [3.8, 4) is 5.75 Å². The molecule has 1 aliphatic heterocycles. The van der Waals surface area contributed by atoms with Crippen molar-refractivity contribution in [3.05, 3.63) is 28.7 Å². The van der Waals surface area contributed by atoms with Gasteiger partial charge >= 0.3 is 0 Å². The average molecular weight is 256 g/mol. The molecule has 0 amide bonds. The number of nitrogens with one attached hydrogen (secondary N) is 1. The van der Waals surface area contributed by atoms with E-state index in [4.69, 9.17) is 4.74 Å². The summed E-state index contributed by atoms with van der Waals surface area (Å²) in [5, 5.41) is 3.31. The molecule has 1 unspecified atom stereocenters. The third-order valence-electron chi connectivity index (χ3n) is 2.49. The molecule has 0 radical (unpaired) electrons. The molecule has 1 aromatic rings. The number of hydrogen-bond donors (Lipinski definition) is 1. The predicted molar refractivity (Wildman–Crippen MR) is 60.7 cm³/mol. The summed E-state index contributed by atoms with van der Waals surface area (Å²) in [5.74, 6) is 0.936. The van der Waals surface area contributed by atoms with Crippen molar-refractivity contribution in [2.24, 2.45) is 0 Å². The quantitative estimate of drug-likeness (QED) is 0.878. The Morgan fingerprint density at radius 1 is 1.50 bits per heavy atom. The van der Waals surface area contributed by atoms with Crippen LogP contribution >= 0.6 is 15.9 Å². The molecule has 0 bridgehead atoms. The van der Waals surface area contributed by atoms with Crippen LogP contribution in [0.2, 0.25) is 0 Å². The lowest BCUT2D eigenvalue weighted by Gasteiger charge is -2.24. The third-order valence-corrected chi connectivity index (χ3v) is 2.98. The van der Waals surface area contributed by atoms with E-state index in [1.54, 1.807) is 0 Å². The normalized spacial score (nSPS) is 26.4. The maximum atomic E-state index is 5.95. The Hall–Kier alpha value is -0.540. The third kappa shape index (κ3) is 2.28. The van der Waals surface area contributed by atoms with Crippen LogP contribution in [0, 0.1) is 0 Å². The first-order chi connectivity index (χ1) is 6.68. The van der Waals surface area contributed by atoms with Gasteiger partial charge in [0.05, 0.1) is 0 Å². The van der Waals surface area contributed by atoms with Gasteiger partial charge in [-0.25, -0.2) is 0 Å². The van der Waals surface area contributed by atoms with Gasteiger partial charge in [-0.05, 0) is 31.7 Å². The molecule has 0 saturated carbocycles. The average Bonchev–Trinajstić information content (AvgIpc) is 2.51. The predicted octanol–water partition coefficient (Wildman–Crippen LogP) is 2.58. The molecule has 76 valence electrons. The lowest BCUT2D eigenvalue weighted by atomic mass is 10.1. The number of hydrogen-bond acceptors (Lipinski definition) is 2. The van der Waals surface area contributed by atoms with Gasteiger partial charge in [0.2, 0.25) is 0 Å². The van der Waals surface area contributed by atoms with Crippen LogP contribution in [-0.2, 0) is 0 Å². The maximum Gasteiger partial charge on any atom is 0.121 e. The molecule has 2 nitrogen and oxygen atoms in total. The van der Waals surface area contributed by atoms with Gasteiger partial charge in [0, 0.05) is 17.4 Å². The fraction of sp³-hybridized carbons (Fsp3) is 0.455. The second kappa shape index (κ2) is 3.91. The Bertz CT molecular complexity index is 321. The molecule has 1 heterocycles. The largest absolute Gasteiger partial charge is 0.486 e. The number of benzene rings is 1. The maximum absolute atomic E-state index is 5.95. The van der Waals surface area contributed by atoms with Gasteiger partial charge in [-0.15, -0.1) is 0 Å². The zero-order valence-corrected chi connectivity index (χ0v) is 9.80. The Kier molecular flexibility index (Phi) is 2.79. The molecule has 1 N–H and O–H groups in total. The molecule has 14 heavy (non-hydrogen) atoms. The lowest BCUT2D eigenvalue weighted by Crippen LogP contribution is -2.34. The van der Waals surface area contributed by atoms with E-state index >= 15 is 0 Å². The molecule has 0 aromatic heterocycles. The van der Waals surface area contributed by atoms with E-state index in [1.807, 2.05) is 24.3 Å². The van der Waals surface area contributed by atoms with Crippen molar-refractivity contribution in [2.45, 2.75) is 18.9 Å². The minimum absolute atomic E-state index is 0.0409. The van der Waals surface area contributed by atoms with Crippen molar-refractivity contribution >= 4 is 15.9 Å². The number of rotatable bonds is 2. The van der Waals surface area contributed by atoms with Gasteiger partial charge in [0.25, 0.3) is 0 Å². The van der Waals surface area contributed by atoms with Crippen LogP contribution in [0.1, 0.15) is 13.3 Å². The minimum atomic E-state index is -0.0409. The van der Waals surface area contributed by atoms with Crippen molar-refractivity contribution < 1.29 is 4.74 Å². The van der Waals surface area contributed by atoms with E-state index in [0.717, 1.165) is 29.7 Å². The molecule has 1 fully saturated rings. The summed E-state index contributed by atoms with van der Waals surface area (Å²) in [7, 11) is 0. The van der Waals surface area contributed by atoms with Gasteiger partial charge < -0.3 is 10.1 Å². The van der Waals surface area contributed by atoms with Gasteiger partial charge in [-0.1, -0.05) is 22.0 Å². The molecule has 0 spiro atoms. The van der Waals surface area contributed by atoms with Crippen LogP contribution in [0.4, 0.5) is 0 Å². The van der Waals surface area contributed by atoms with E-state index in [-0.39, 0.29) is 5.60 Å². The zero-order valence-electron chi connectivity index (χ0n) is 8.22. The first kappa shape index (κ1) is 9.99. The van der Waals surface area contributed by atoms with Crippen molar-refractivity contribution in [2.75, 3.05) is 13.1 Å². The molecular formula is C11H14BrNO. The molecule has 0 aliphatic carbocycles. The minimum Gasteiger partial charge on any atom is -0.486 e. The topological polar surface area (TPSA) is 21.3 Å². The van der Waals surface area contributed by atoms with E-state index in [9.17, 15) is 0 Å². The second-order valence-corrected chi connectivity index (χ2v) is 4.85. The first-order valence-electron chi connectivity index (χ1n) is 4.83. The first-order valence-corrected chi connectivity index (χ1v) is 5.63. The van der Waals surface area contributed by atoms with E-state index in [0.29, 0.717) is 0 Å². The highest BCUT2D eigenvalue weighted by Crippen LogP contribution is 2.25.